The number of hydrogen-bond donors (Lipinski definition) is 2. The first-order chi connectivity index (χ1) is 15.3. The Kier molecular flexibility index (Phi) is 8.82. The summed E-state index contributed by atoms with van der Waals surface area (Å²) in [6.07, 6.45) is 1.49. The molecule has 0 saturated heterocycles. The molecular formula is C23H24N4O4S. The minimum absolute atomic E-state index is 0.0839. The van der Waals surface area contributed by atoms with Crippen LogP contribution in [0.4, 0.5) is 11.4 Å². The minimum atomic E-state index is -0.786. The lowest BCUT2D eigenvalue weighted by molar-refractivity contribution is -0.137. The van der Waals surface area contributed by atoms with Crippen LogP contribution in [0.5, 0.6) is 0 Å². The maximum atomic E-state index is 12.6. The Labute approximate surface area is 189 Å². The van der Waals surface area contributed by atoms with E-state index in [1.54, 1.807) is 38.1 Å². The summed E-state index contributed by atoms with van der Waals surface area (Å²) in [6.45, 7) is 7.51. The fraction of sp³-hybridized carbons (Fsp3) is 0.304. The number of esters is 1. The summed E-state index contributed by atoms with van der Waals surface area (Å²) in [4.78, 5) is 36.3. The fourth-order valence-electron chi connectivity index (χ4n) is 2.47. The number of hydrogen-bond acceptors (Lipinski definition) is 7. The Morgan fingerprint density at radius 2 is 2.00 bits per heavy atom. The monoisotopic (exact) mass is 452 g/mol. The number of amides is 1. The van der Waals surface area contributed by atoms with E-state index in [0.717, 1.165) is 11.3 Å². The van der Waals surface area contributed by atoms with Gasteiger partial charge in [0.1, 0.15) is 15.3 Å². The van der Waals surface area contributed by atoms with E-state index in [0.29, 0.717) is 22.6 Å². The van der Waals surface area contributed by atoms with Crippen molar-refractivity contribution < 1.29 is 14.3 Å². The predicted octanol–water partition coefficient (Wildman–Crippen LogP) is 1.92. The standard InChI is InChI=1S/C23H24N4O4S/c1-5-27-20(12-16(14-24)23(30)31-6-2)32-19(22(27)29)10-11-25-17-8-7-9-18(13-17)26-21(28)15(3)4/h7-9,11,13,15,25H,5-6H2,1-4H3,(H,26,28). The fourth-order valence-corrected chi connectivity index (χ4v) is 3.46. The van der Waals surface area contributed by atoms with E-state index in [1.165, 1.54) is 10.8 Å². The molecule has 2 N–H and O–H groups in total. The number of nitrogens with one attached hydrogen (secondary N) is 2. The van der Waals surface area contributed by atoms with Crippen molar-refractivity contribution in [3.05, 3.63) is 55.6 Å². The van der Waals surface area contributed by atoms with Gasteiger partial charge in [0.25, 0.3) is 5.56 Å². The van der Waals surface area contributed by atoms with Crippen molar-refractivity contribution in [3.8, 4) is 6.07 Å². The van der Waals surface area contributed by atoms with Crippen molar-refractivity contribution in [3.63, 3.8) is 0 Å². The molecule has 1 heterocycles. The van der Waals surface area contributed by atoms with Crippen LogP contribution in [0.1, 0.15) is 27.7 Å². The first-order valence-corrected chi connectivity index (χ1v) is 10.8. The second-order valence-electron chi connectivity index (χ2n) is 6.78. The Morgan fingerprint density at radius 3 is 2.62 bits per heavy atom. The molecule has 0 aliphatic carbocycles. The zero-order chi connectivity index (χ0) is 23.7. The smallest absolute Gasteiger partial charge is 0.357 e. The van der Waals surface area contributed by atoms with Gasteiger partial charge in [-0.3, -0.25) is 14.2 Å². The van der Waals surface area contributed by atoms with Gasteiger partial charge in [-0.15, -0.1) is 0 Å². The number of thiazole rings is 1. The van der Waals surface area contributed by atoms with Gasteiger partial charge >= 0.3 is 5.97 Å². The molecule has 0 radical (unpaired) electrons. The number of nitrogens with zero attached hydrogens (tertiary/aromatic N) is 2. The van der Waals surface area contributed by atoms with Gasteiger partial charge < -0.3 is 15.4 Å². The maximum Gasteiger partial charge on any atom is 0.357 e. The molecule has 1 amide bonds. The topological polar surface area (TPSA) is 113 Å². The van der Waals surface area contributed by atoms with Crippen LogP contribution < -0.4 is 25.4 Å². The van der Waals surface area contributed by atoms with Gasteiger partial charge in [0.05, 0.1) is 6.61 Å². The lowest BCUT2D eigenvalue weighted by Crippen LogP contribution is -2.30. The lowest BCUT2D eigenvalue weighted by atomic mass is 10.2. The highest BCUT2D eigenvalue weighted by Gasteiger charge is 2.10. The van der Waals surface area contributed by atoms with Gasteiger partial charge in [-0.05, 0) is 32.0 Å². The number of anilines is 2. The molecule has 1 aromatic heterocycles. The van der Waals surface area contributed by atoms with Crippen molar-refractivity contribution in [2.45, 2.75) is 34.2 Å². The quantitative estimate of drug-likeness (QED) is 0.377. The van der Waals surface area contributed by atoms with Gasteiger partial charge in [0.2, 0.25) is 5.91 Å². The van der Waals surface area contributed by atoms with E-state index >= 15 is 0 Å². The van der Waals surface area contributed by atoms with Crippen LogP contribution in [0.25, 0.3) is 11.5 Å². The van der Waals surface area contributed by atoms with E-state index in [-0.39, 0.29) is 34.1 Å². The molecule has 0 atom stereocenters. The number of carbonyl (C=O) groups is 2. The molecular weight excluding hydrogens is 428 g/mol. The Morgan fingerprint density at radius 1 is 1.28 bits per heavy atom. The molecule has 9 heteroatoms. The molecule has 0 unspecified atom stereocenters. The first-order valence-electron chi connectivity index (χ1n) is 10.0. The molecule has 0 saturated carbocycles. The average Bonchev–Trinajstić information content (AvgIpc) is 3.06. The molecule has 0 aliphatic heterocycles. The SMILES string of the molecule is CCOC(=O)C(=C=c1sc(=C=CNc2cccc(NC(=O)C(C)C)c2)c(=O)n1CC)C#N. The summed E-state index contributed by atoms with van der Waals surface area (Å²) in [5.74, 6) is -1.00. The Balaban J connectivity index is 2.44. The summed E-state index contributed by atoms with van der Waals surface area (Å²) in [5.41, 5.74) is 6.32. The molecule has 0 bridgehead atoms. The zero-order valence-corrected chi connectivity index (χ0v) is 19.1. The van der Waals surface area contributed by atoms with Crippen LogP contribution in [-0.2, 0) is 20.9 Å². The molecule has 0 fully saturated rings. The Hall–Kier alpha value is -3.82. The Bertz CT molecular complexity index is 1300. The maximum absolute atomic E-state index is 12.6. The van der Waals surface area contributed by atoms with Crippen LogP contribution in [0.3, 0.4) is 0 Å². The lowest BCUT2D eigenvalue weighted by Gasteiger charge is -2.08. The molecule has 2 rings (SSSR count). The molecule has 8 nitrogen and oxygen atoms in total. The van der Waals surface area contributed by atoms with Crippen LogP contribution in [0.2, 0.25) is 0 Å². The van der Waals surface area contributed by atoms with E-state index in [9.17, 15) is 19.6 Å². The number of ether oxygens (including phenoxy) is 1. The third-order valence-corrected chi connectivity index (χ3v) is 5.13. The molecule has 0 spiro atoms. The molecule has 1 aromatic carbocycles. The van der Waals surface area contributed by atoms with E-state index in [1.807, 2.05) is 19.9 Å². The third-order valence-electron chi connectivity index (χ3n) is 4.12. The second-order valence-corrected chi connectivity index (χ2v) is 7.77. The van der Waals surface area contributed by atoms with Crippen LogP contribution >= 0.6 is 11.3 Å². The third kappa shape index (κ3) is 6.34. The average molecular weight is 453 g/mol. The van der Waals surface area contributed by atoms with Crippen LogP contribution in [0.15, 0.2) is 40.8 Å². The van der Waals surface area contributed by atoms with Gasteiger partial charge in [-0.25, -0.2) is 4.79 Å². The van der Waals surface area contributed by atoms with Crippen molar-refractivity contribution >= 4 is 46.1 Å². The van der Waals surface area contributed by atoms with Crippen molar-refractivity contribution in [1.82, 2.24) is 4.57 Å². The van der Waals surface area contributed by atoms with Crippen molar-refractivity contribution in [2.75, 3.05) is 17.2 Å². The van der Waals surface area contributed by atoms with Crippen LogP contribution in [-0.4, -0.2) is 23.1 Å². The van der Waals surface area contributed by atoms with Gasteiger partial charge in [0, 0.05) is 30.0 Å². The summed E-state index contributed by atoms with van der Waals surface area (Å²) in [6, 6.07) is 8.90. The number of nitriles is 1. The number of aromatic nitrogens is 1. The summed E-state index contributed by atoms with van der Waals surface area (Å²) < 4.78 is 6.85. The normalized spacial score (nSPS) is 9.88. The van der Waals surface area contributed by atoms with E-state index in [2.05, 4.69) is 22.1 Å². The number of rotatable bonds is 7. The first kappa shape index (κ1) is 24.4. The van der Waals surface area contributed by atoms with Gasteiger partial charge in [0.15, 0.2) is 5.57 Å². The van der Waals surface area contributed by atoms with Gasteiger partial charge in [-0.2, -0.15) is 5.26 Å². The highest BCUT2D eigenvalue weighted by atomic mass is 32.1. The number of carbonyl (C=O) groups excluding carboxylic acids is 2. The second kappa shape index (κ2) is 11.5. The molecule has 2 aromatic rings. The summed E-state index contributed by atoms with van der Waals surface area (Å²) >= 11 is 1.06. The highest BCUT2D eigenvalue weighted by molar-refractivity contribution is 7.07. The van der Waals surface area contributed by atoms with Crippen LogP contribution in [0, 0.1) is 17.2 Å². The molecule has 166 valence electrons. The van der Waals surface area contributed by atoms with Gasteiger partial charge in [-0.1, -0.05) is 42.7 Å². The van der Waals surface area contributed by atoms with Crippen molar-refractivity contribution in [2.24, 2.45) is 5.92 Å². The zero-order valence-electron chi connectivity index (χ0n) is 18.3. The van der Waals surface area contributed by atoms with E-state index < -0.39 is 5.97 Å². The van der Waals surface area contributed by atoms with Crippen molar-refractivity contribution in [1.29, 1.82) is 5.26 Å². The summed E-state index contributed by atoms with van der Waals surface area (Å²) in [5, 5.41) is 15.0. The predicted molar refractivity (Wildman–Crippen MR) is 124 cm³/mol. The number of benzene rings is 1. The largest absolute Gasteiger partial charge is 0.461 e. The van der Waals surface area contributed by atoms with E-state index in [4.69, 9.17) is 4.74 Å². The highest BCUT2D eigenvalue weighted by Crippen LogP contribution is 2.15. The molecule has 0 aliphatic rings. The minimum Gasteiger partial charge on any atom is -0.461 e. The molecule has 32 heavy (non-hydrogen) atoms. The summed E-state index contributed by atoms with van der Waals surface area (Å²) in [7, 11) is 0.